The second kappa shape index (κ2) is 5.43. The van der Waals surface area contributed by atoms with E-state index in [0.717, 1.165) is 0 Å². The fraction of sp³-hybridized carbons (Fsp3) is 1.00. The highest BCUT2D eigenvalue weighted by Gasteiger charge is 2.03. The Morgan fingerprint density at radius 1 is 1.67 bits per heavy atom. The van der Waals surface area contributed by atoms with Crippen LogP contribution in [0.15, 0.2) is 0 Å². The van der Waals surface area contributed by atoms with Crippen LogP contribution >= 0.6 is 11.1 Å². The van der Waals surface area contributed by atoms with E-state index in [0.29, 0.717) is 0 Å². The Morgan fingerprint density at radius 3 is 2.56 bits per heavy atom. The van der Waals surface area contributed by atoms with Crippen molar-refractivity contribution in [3.8, 4) is 0 Å². The first-order chi connectivity index (χ1) is 4.16. The highest BCUT2D eigenvalue weighted by Crippen LogP contribution is 1.92. The van der Waals surface area contributed by atoms with Crippen LogP contribution in [-0.2, 0) is 9.16 Å². The van der Waals surface area contributed by atoms with Crippen LogP contribution < -0.4 is 0 Å². The molecule has 0 rings (SSSR count). The Bertz CT molecular complexity index is 71.6. The Hall–Kier alpha value is 0.644. The molecule has 5 heteroatoms. The van der Waals surface area contributed by atoms with Crippen molar-refractivity contribution in [2.24, 2.45) is 0 Å². The van der Waals surface area contributed by atoms with Crippen LogP contribution in [-0.4, -0.2) is 30.3 Å². The van der Waals surface area contributed by atoms with Crippen molar-refractivity contribution in [2.45, 2.75) is 19.8 Å². The molecule has 56 valence electrons. The molecule has 0 fully saturated rings. The van der Waals surface area contributed by atoms with Crippen molar-refractivity contribution in [3.05, 3.63) is 0 Å². The van der Waals surface area contributed by atoms with Gasteiger partial charge in [0, 0.05) is 7.11 Å². The summed E-state index contributed by atoms with van der Waals surface area (Å²) in [6, 6.07) is 0. The molecule has 2 atom stereocenters. The van der Waals surface area contributed by atoms with Crippen LogP contribution in [0.25, 0.3) is 0 Å². The van der Waals surface area contributed by atoms with Gasteiger partial charge in [0.25, 0.3) is 0 Å². The fourth-order valence-electron chi connectivity index (χ4n) is 0.336. The summed E-state index contributed by atoms with van der Waals surface area (Å²) in [4.78, 5) is 0. The molecular weight excluding hydrogens is 172 g/mol. The van der Waals surface area contributed by atoms with Crippen LogP contribution in [0.5, 0.6) is 0 Å². The highest BCUT2D eigenvalue weighted by atomic mass is 35.6. The van der Waals surface area contributed by atoms with Crippen molar-refractivity contribution in [2.75, 3.05) is 7.11 Å². The monoisotopic (exact) mass is 184 g/mol. The first-order valence-electron chi connectivity index (χ1n) is 2.95. The van der Waals surface area contributed by atoms with Gasteiger partial charge >= 0.3 is 0 Å². The second-order valence-electron chi connectivity index (χ2n) is 1.92. The van der Waals surface area contributed by atoms with Crippen molar-refractivity contribution >= 4 is 28.0 Å². The number of hydrogen-bond donors (Lipinski definition) is 0. The molecule has 0 amide bonds. The van der Waals surface area contributed by atoms with E-state index in [-0.39, 0.29) is 6.29 Å². The second-order valence-corrected chi connectivity index (χ2v) is 12.6. The van der Waals surface area contributed by atoms with Gasteiger partial charge in [0.05, 0.1) is 0 Å². The van der Waals surface area contributed by atoms with Crippen molar-refractivity contribution in [3.63, 3.8) is 0 Å². The molecule has 0 N–H and O–H groups in total. The Labute approximate surface area is 64.5 Å². The van der Waals surface area contributed by atoms with Gasteiger partial charge in [-0.25, -0.2) is 0 Å². The maximum Gasteiger partial charge on any atom is 0.168 e. The molecule has 9 heavy (non-hydrogen) atoms. The summed E-state index contributed by atoms with van der Waals surface area (Å²) in [6.45, 7) is 3.97. The summed E-state index contributed by atoms with van der Waals surface area (Å²) in [5.74, 6) is 0. The Balaban J connectivity index is 3.06. The molecule has 0 saturated carbocycles. The smallest absolute Gasteiger partial charge is 0.168 e. The van der Waals surface area contributed by atoms with Crippen LogP contribution in [0.3, 0.4) is 0 Å². The third-order valence-corrected chi connectivity index (χ3v) is 5.10. The van der Waals surface area contributed by atoms with Gasteiger partial charge in [-0.3, -0.25) is 0 Å². The summed E-state index contributed by atoms with van der Waals surface area (Å²) in [7, 11) is 0.274. The van der Waals surface area contributed by atoms with E-state index in [1.54, 1.807) is 7.11 Å². The fourth-order valence-corrected chi connectivity index (χ4v) is 3.27. The molecule has 0 heterocycles. The van der Waals surface area contributed by atoms with Crippen LogP contribution in [0.2, 0.25) is 6.55 Å². The zero-order valence-corrected chi connectivity index (χ0v) is 9.38. The number of rotatable bonds is 4. The van der Waals surface area contributed by atoms with E-state index in [4.69, 9.17) is 20.2 Å². The topological polar surface area (TPSA) is 18.5 Å². The zero-order chi connectivity index (χ0) is 7.28. The third-order valence-electron chi connectivity index (χ3n) is 0.893. The predicted molar refractivity (Wildman–Crippen MR) is 45.0 cm³/mol. The quantitative estimate of drug-likeness (QED) is 0.353. The molecule has 2 unspecified atom stereocenters. The maximum absolute atomic E-state index is 5.80. The van der Waals surface area contributed by atoms with E-state index in [1.807, 2.05) is 6.92 Å². The molecule has 0 aliphatic heterocycles. The molecular formula is C4H13ClO2Si2. The van der Waals surface area contributed by atoms with E-state index in [9.17, 15) is 0 Å². The number of halogens is 1. The molecule has 0 bridgehead atoms. The lowest BCUT2D eigenvalue weighted by molar-refractivity contribution is -0.0349. The number of ether oxygens (including phenoxy) is 1. The lowest BCUT2D eigenvalue weighted by Gasteiger charge is -2.10. The van der Waals surface area contributed by atoms with Crippen LogP contribution in [0.4, 0.5) is 0 Å². The van der Waals surface area contributed by atoms with Gasteiger partial charge in [-0.2, -0.15) is 11.1 Å². The van der Waals surface area contributed by atoms with Gasteiger partial charge in [-0.05, 0) is 6.92 Å². The van der Waals surface area contributed by atoms with Gasteiger partial charge in [0.1, 0.15) is 6.29 Å². The lowest BCUT2D eigenvalue weighted by atomic mass is 10.8. The summed E-state index contributed by atoms with van der Waals surface area (Å²) in [5, 5.41) is 0. The van der Waals surface area contributed by atoms with E-state index >= 15 is 0 Å². The predicted octanol–water partition coefficient (Wildman–Crippen LogP) is 0.168. The normalized spacial score (nSPS) is 18.7. The zero-order valence-electron chi connectivity index (χ0n) is 6.06. The van der Waals surface area contributed by atoms with Crippen molar-refractivity contribution in [1.29, 1.82) is 0 Å². The van der Waals surface area contributed by atoms with Crippen LogP contribution in [0, 0.1) is 0 Å². The molecule has 0 aliphatic carbocycles. The highest BCUT2D eigenvalue weighted by molar-refractivity contribution is 7.34. The average Bonchev–Trinajstić information content (AvgIpc) is 1.83. The Morgan fingerprint density at radius 2 is 2.22 bits per heavy atom. The van der Waals surface area contributed by atoms with E-state index < -0.39 is 16.9 Å². The average molecular weight is 185 g/mol. The molecule has 0 saturated heterocycles. The SMILES string of the molecule is COC(C)O[SiH2][SiH](C)Cl. The maximum atomic E-state index is 5.80. The summed E-state index contributed by atoms with van der Waals surface area (Å²) in [6.07, 6.45) is -0.0506. The molecule has 0 aliphatic rings. The Kier molecular flexibility index (Phi) is 5.82. The van der Waals surface area contributed by atoms with Crippen LogP contribution in [0.1, 0.15) is 6.92 Å². The molecule has 0 radical (unpaired) electrons. The number of methoxy groups -OCH3 is 1. The summed E-state index contributed by atoms with van der Waals surface area (Å²) < 4.78 is 10.2. The standard InChI is InChI=1S/C4H13ClO2Si2/c1-4(6-2)7-8-9(3)5/h4,9H,8H2,1-3H3. The first-order valence-corrected chi connectivity index (χ1v) is 9.69. The third kappa shape index (κ3) is 6.53. The van der Waals surface area contributed by atoms with Crippen molar-refractivity contribution in [1.82, 2.24) is 0 Å². The summed E-state index contributed by atoms with van der Waals surface area (Å²) in [5.41, 5.74) is 0. The van der Waals surface area contributed by atoms with Gasteiger partial charge in [-0.15, -0.1) is 0 Å². The largest absolute Gasteiger partial charge is 0.402 e. The van der Waals surface area contributed by atoms with Gasteiger partial charge in [0.2, 0.25) is 0 Å². The van der Waals surface area contributed by atoms with E-state index in [2.05, 4.69) is 6.55 Å². The van der Waals surface area contributed by atoms with Gasteiger partial charge in [0.15, 0.2) is 16.9 Å². The number of hydrogen-bond acceptors (Lipinski definition) is 2. The van der Waals surface area contributed by atoms with Crippen molar-refractivity contribution < 1.29 is 9.16 Å². The minimum Gasteiger partial charge on any atom is -0.402 e. The molecule has 2 nitrogen and oxygen atoms in total. The minimum atomic E-state index is -0.932. The molecule has 0 aromatic heterocycles. The molecule has 0 aromatic rings. The minimum absolute atomic E-state index is 0.0506. The van der Waals surface area contributed by atoms with E-state index in [1.165, 1.54) is 0 Å². The summed E-state index contributed by atoms with van der Waals surface area (Å²) >= 11 is 5.80. The lowest BCUT2D eigenvalue weighted by Crippen LogP contribution is -2.21. The van der Waals surface area contributed by atoms with Gasteiger partial charge in [-0.1, -0.05) is 6.55 Å². The molecule has 0 spiro atoms. The van der Waals surface area contributed by atoms with Gasteiger partial charge < -0.3 is 9.16 Å². The first kappa shape index (κ1) is 9.64. The molecule has 0 aromatic carbocycles.